The van der Waals surface area contributed by atoms with Crippen LogP contribution in [-0.2, 0) is 20.6 Å². The van der Waals surface area contributed by atoms with Gasteiger partial charge in [-0.15, -0.1) is 0 Å². The summed E-state index contributed by atoms with van der Waals surface area (Å²) in [5.74, 6) is 5.87. The van der Waals surface area contributed by atoms with Gasteiger partial charge in [-0.2, -0.15) is 0 Å². The number of carbonyl (C=O) groups excluding carboxylic acids is 1. The molecule has 1 rings (SSSR count). The molecular weight excluding hydrogens is 412 g/mol. The first-order valence-electron chi connectivity index (χ1n) is 11.6. The van der Waals surface area contributed by atoms with E-state index < -0.39 is 8.32 Å². The lowest BCUT2D eigenvalue weighted by molar-refractivity contribution is -0.117. The highest BCUT2D eigenvalue weighted by atomic mass is 28.4. The van der Waals surface area contributed by atoms with Crippen LogP contribution in [0.5, 0.6) is 0 Å². The molecule has 0 fully saturated rings. The van der Waals surface area contributed by atoms with Gasteiger partial charge in [-0.25, -0.2) is 0 Å². The standard InChI is InChI=1S/C28H42O3Si/c1-23(18-19-30-22-26-15-10-9-11-16-26)14-12-13-17-27(29)25(3)20-24(2)21-31-32(7,8)28(4,5)6/h9-12,14-16,18,24-25H,19-22H2,1-8H3/b14-12+,23-18+/t24-,25-/m0/s1. The Morgan fingerprint density at radius 3 is 2.44 bits per heavy atom. The van der Waals surface area contributed by atoms with E-state index in [-0.39, 0.29) is 16.7 Å². The maximum Gasteiger partial charge on any atom is 0.208 e. The molecule has 32 heavy (non-hydrogen) atoms. The Balaban J connectivity index is 2.38. The van der Waals surface area contributed by atoms with Crippen molar-refractivity contribution >= 4 is 14.1 Å². The van der Waals surface area contributed by atoms with E-state index in [9.17, 15) is 4.79 Å². The van der Waals surface area contributed by atoms with E-state index in [1.165, 1.54) is 0 Å². The maximum absolute atomic E-state index is 12.4. The number of carbonyl (C=O) groups is 1. The number of hydrogen-bond donors (Lipinski definition) is 0. The molecule has 0 saturated heterocycles. The lowest BCUT2D eigenvalue weighted by Crippen LogP contribution is -2.41. The van der Waals surface area contributed by atoms with Gasteiger partial charge in [0.05, 0.1) is 13.2 Å². The van der Waals surface area contributed by atoms with Crippen molar-refractivity contribution < 1.29 is 14.0 Å². The first-order valence-corrected chi connectivity index (χ1v) is 14.5. The number of hydrogen-bond acceptors (Lipinski definition) is 3. The Morgan fingerprint density at radius 1 is 1.16 bits per heavy atom. The minimum Gasteiger partial charge on any atom is -0.417 e. The predicted octanol–water partition coefficient (Wildman–Crippen LogP) is 6.96. The molecule has 0 heterocycles. The smallest absolute Gasteiger partial charge is 0.208 e. The topological polar surface area (TPSA) is 35.5 Å². The third-order valence-electron chi connectivity index (χ3n) is 6.00. The molecule has 1 aromatic rings. The molecule has 176 valence electrons. The predicted molar refractivity (Wildman–Crippen MR) is 138 cm³/mol. The average molecular weight is 455 g/mol. The van der Waals surface area contributed by atoms with Crippen molar-refractivity contribution in [2.24, 2.45) is 11.8 Å². The second kappa shape index (κ2) is 13.6. The van der Waals surface area contributed by atoms with E-state index in [0.717, 1.165) is 17.6 Å². The number of benzene rings is 1. The van der Waals surface area contributed by atoms with Crippen molar-refractivity contribution in [3.8, 4) is 11.8 Å². The second-order valence-corrected chi connectivity index (χ2v) is 15.0. The summed E-state index contributed by atoms with van der Waals surface area (Å²) < 4.78 is 11.9. The molecular formula is C28H42O3Si. The van der Waals surface area contributed by atoms with Gasteiger partial charge >= 0.3 is 0 Å². The molecule has 0 aliphatic carbocycles. The summed E-state index contributed by atoms with van der Waals surface area (Å²) in [5.41, 5.74) is 2.22. The second-order valence-electron chi connectivity index (χ2n) is 10.2. The van der Waals surface area contributed by atoms with Crippen LogP contribution in [0, 0.1) is 23.7 Å². The van der Waals surface area contributed by atoms with Crippen LogP contribution in [0.4, 0.5) is 0 Å². The minimum absolute atomic E-state index is 0.0124. The average Bonchev–Trinajstić information content (AvgIpc) is 2.72. The largest absolute Gasteiger partial charge is 0.417 e. The zero-order valence-electron chi connectivity index (χ0n) is 21.3. The first kappa shape index (κ1) is 28.1. The van der Waals surface area contributed by atoms with Gasteiger partial charge in [0.25, 0.3) is 0 Å². The van der Waals surface area contributed by atoms with Crippen molar-refractivity contribution in [2.45, 2.75) is 72.7 Å². The first-order chi connectivity index (χ1) is 14.9. The summed E-state index contributed by atoms with van der Waals surface area (Å²) in [5, 5.41) is 0.201. The third kappa shape index (κ3) is 11.1. The van der Waals surface area contributed by atoms with E-state index >= 15 is 0 Å². The van der Waals surface area contributed by atoms with Crippen molar-refractivity contribution in [1.29, 1.82) is 0 Å². The summed E-state index contributed by atoms with van der Waals surface area (Å²) in [6, 6.07) is 10.1. The number of Topliss-reactive ketones (excluding diaryl/α,β-unsaturated/α-hetero) is 1. The molecule has 0 aromatic heterocycles. The molecule has 0 N–H and O–H groups in total. The molecule has 0 aliphatic rings. The molecule has 0 amide bonds. The van der Waals surface area contributed by atoms with Crippen molar-refractivity contribution in [1.82, 2.24) is 0 Å². The van der Waals surface area contributed by atoms with E-state index in [1.807, 2.05) is 56.3 Å². The third-order valence-corrected chi connectivity index (χ3v) is 10.5. The lowest BCUT2D eigenvalue weighted by atomic mass is 9.94. The van der Waals surface area contributed by atoms with Crippen molar-refractivity contribution in [3.63, 3.8) is 0 Å². The van der Waals surface area contributed by atoms with Crippen LogP contribution in [0.25, 0.3) is 0 Å². The van der Waals surface area contributed by atoms with Crippen LogP contribution in [0.15, 0.2) is 54.1 Å². The molecule has 0 saturated carbocycles. The van der Waals surface area contributed by atoms with Crippen LogP contribution in [0.2, 0.25) is 18.1 Å². The normalized spacial score (nSPS) is 14.7. The van der Waals surface area contributed by atoms with Gasteiger partial charge in [0.2, 0.25) is 5.78 Å². The van der Waals surface area contributed by atoms with Gasteiger partial charge in [0, 0.05) is 12.5 Å². The fourth-order valence-electron chi connectivity index (χ4n) is 2.76. The Hall–Kier alpha value is -1.93. The van der Waals surface area contributed by atoms with Crippen LogP contribution in [0.3, 0.4) is 0 Å². The summed E-state index contributed by atoms with van der Waals surface area (Å²) in [4.78, 5) is 12.4. The number of ether oxygens (including phenoxy) is 1. The maximum atomic E-state index is 12.4. The lowest BCUT2D eigenvalue weighted by Gasteiger charge is -2.37. The summed E-state index contributed by atoms with van der Waals surface area (Å²) >= 11 is 0. The monoisotopic (exact) mass is 454 g/mol. The molecule has 2 atom stereocenters. The molecule has 0 bridgehead atoms. The van der Waals surface area contributed by atoms with E-state index in [4.69, 9.17) is 9.16 Å². The Morgan fingerprint density at radius 2 is 1.81 bits per heavy atom. The Kier molecular flexibility index (Phi) is 11.9. The fraction of sp³-hybridized carbons (Fsp3) is 0.536. The van der Waals surface area contributed by atoms with Crippen LogP contribution >= 0.6 is 0 Å². The van der Waals surface area contributed by atoms with E-state index in [1.54, 1.807) is 6.08 Å². The van der Waals surface area contributed by atoms with Gasteiger partial charge in [-0.1, -0.05) is 88.6 Å². The zero-order valence-corrected chi connectivity index (χ0v) is 22.3. The summed E-state index contributed by atoms with van der Waals surface area (Å²) in [6.45, 7) is 19.2. The van der Waals surface area contributed by atoms with Gasteiger partial charge < -0.3 is 9.16 Å². The van der Waals surface area contributed by atoms with Crippen LogP contribution in [0.1, 0.15) is 53.5 Å². The van der Waals surface area contributed by atoms with Crippen LogP contribution < -0.4 is 0 Å². The van der Waals surface area contributed by atoms with Gasteiger partial charge in [0.15, 0.2) is 8.32 Å². The van der Waals surface area contributed by atoms with Gasteiger partial charge in [-0.05, 0) is 55.0 Å². The Labute approximate surface area is 197 Å². The summed E-state index contributed by atoms with van der Waals surface area (Å²) in [7, 11) is -1.75. The summed E-state index contributed by atoms with van der Waals surface area (Å²) in [6.07, 6.45) is 6.45. The van der Waals surface area contributed by atoms with E-state index in [0.29, 0.717) is 25.7 Å². The minimum atomic E-state index is -1.75. The fourth-order valence-corrected chi connectivity index (χ4v) is 3.90. The quantitative estimate of drug-likeness (QED) is 0.119. The highest BCUT2D eigenvalue weighted by Crippen LogP contribution is 2.37. The molecule has 3 nitrogen and oxygen atoms in total. The number of allylic oxidation sites excluding steroid dienone is 3. The highest BCUT2D eigenvalue weighted by Gasteiger charge is 2.37. The van der Waals surface area contributed by atoms with E-state index in [2.05, 4.69) is 52.6 Å². The molecule has 0 spiro atoms. The highest BCUT2D eigenvalue weighted by molar-refractivity contribution is 6.74. The SMILES string of the molecule is CC(/C=C/C#CC(=O)[C@@H](C)C[C@H](C)CO[Si](C)(C)C(C)(C)C)=C\COCc1ccccc1. The number of ketones is 1. The zero-order chi connectivity index (χ0) is 24.2. The Bertz CT molecular complexity index is 820. The number of rotatable bonds is 11. The molecule has 4 heteroatoms. The van der Waals surface area contributed by atoms with Gasteiger partial charge in [-0.3, -0.25) is 4.79 Å². The molecule has 1 aromatic carbocycles. The van der Waals surface area contributed by atoms with Crippen LogP contribution in [-0.4, -0.2) is 27.3 Å². The van der Waals surface area contributed by atoms with Crippen molar-refractivity contribution in [2.75, 3.05) is 13.2 Å². The molecule has 0 radical (unpaired) electrons. The van der Waals surface area contributed by atoms with Crippen molar-refractivity contribution in [3.05, 3.63) is 59.7 Å². The van der Waals surface area contributed by atoms with Gasteiger partial charge in [0.1, 0.15) is 0 Å². The molecule has 0 aliphatic heterocycles. The molecule has 0 unspecified atom stereocenters.